The first-order chi connectivity index (χ1) is 11.2. The van der Waals surface area contributed by atoms with Gasteiger partial charge in [0.1, 0.15) is 6.10 Å². The SMILES string of the molecule is Cc1nc(C2CN(Cc3cc(=O)n4ccsc4n3)CCO2)no1. The van der Waals surface area contributed by atoms with Crippen molar-refractivity contribution in [3.8, 4) is 0 Å². The Labute approximate surface area is 135 Å². The Hall–Kier alpha value is -2.10. The van der Waals surface area contributed by atoms with Gasteiger partial charge in [0.15, 0.2) is 4.96 Å². The van der Waals surface area contributed by atoms with E-state index in [-0.39, 0.29) is 11.7 Å². The minimum Gasteiger partial charge on any atom is -0.367 e. The van der Waals surface area contributed by atoms with Crippen LogP contribution in [0.3, 0.4) is 0 Å². The van der Waals surface area contributed by atoms with Gasteiger partial charge in [0, 0.05) is 44.2 Å². The fraction of sp³-hybridized carbons (Fsp3) is 0.429. The lowest BCUT2D eigenvalue weighted by Crippen LogP contribution is -2.38. The number of aromatic nitrogens is 4. The molecule has 0 spiro atoms. The lowest BCUT2D eigenvalue weighted by atomic mass is 10.2. The first-order valence-corrected chi connectivity index (χ1v) is 8.17. The van der Waals surface area contributed by atoms with E-state index in [1.165, 1.54) is 11.3 Å². The van der Waals surface area contributed by atoms with Crippen molar-refractivity contribution in [1.29, 1.82) is 0 Å². The Morgan fingerprint density at radius 1 is 1.43 bits per heavy atom. The van der Waals surface area contributed by atoms with Crippen molar-refractivity contribution in [3.05, 3.63) is 45.4 Å². The third kappa shape index (κ3) is 2.90. The average molecular weight is 333 g/mol. The quantitative estimate of drug-likeness (QED) is 0.707. The summed E-state index contributed by atoms with van der Waals surface area (Å²) >= 11 is 1.45. The van der Waals surface area contributed by atoms with Crippen LogP contribution in [0.25, 0.3) is 4.96 Å². The first kappa shape index (κ1) is 14.5. The summed E-state index contributed by atoms with van der Waals surface area (Å²) < 4.78 is 12.3. The topological polar surface area (TPSA) is 85.8 Å². The molecule has 1 fully saturated rings. The Kier molecular flexibility index (Phi) is 3.68. The van der Waals surface area contributed by atoms with Crippen LogP contribution < -0.4 is 5.56 Å². The lowest BCUT2D eigenvalue weighted by molar-refractivity contribution is -0.0383. The molecule has 4 rings (SSSR count). The molecule has 1 unspecified atom stereocenters. The summed E-state index contributed by atoms with van der Waals surface area (Å²) in [5.74, 6) is 1.09. The molecule has 8 nitrogen and oxygen atoms in total. The molecule has 4 heterocycles. The van der Waals surface area contributed by atoms with Gasteiger partial charge in [-0.3, -0.25) is 14.1 Å². The minimum absolute atomic E-state index is 0.0511. The summed E-state index contributed by atoms with van der Waals surface area (Å²) in [6.45, 7) is 4.35. The summed E-state index contributed by atoms with van der Waals surface area (Å²) in [4.78, 5) is 23.7. The fourth-order valence-electron chi connectivity index (χ4n) is 2.65. The predicted octanol–water partition coefficient (Wildman–Crippen LogP) is 1.02. The highest BCUT2D eigenvalue weighted by atomic mass is 32.1. The van der Waals surface area contributed by atoms with E-state index in [0.29, 0.717) is 36.4 Å². The van der Waals surface area contributed by atoms with E-state index in [4.69, 9.17) is 9.26 Å². The number of fused-ring (bicyclic) bond motifs is 1. The molecule has 0 N–H and O–H groups in total. The van der Waals surface area contributed by atoms with Gasteiger partial charge in [-0.1, -0.05) is 5.16 Å². The summed E-state index contributed by atoms with van der Waals surface area (Å²) in [5.41, 5.74) is 0.715. The van der Waals surface area contributed by atoms with E-state index in [2.05, 4.69) is 20.0 Å². The molecular formula is C14H15N5O3S. The van der Waals surface area contributed by atoms with Crippen LogP contribution in [0, 0.1) is 6.92 Å². The number of nitrogens with zero attached hydrogens (tertiary/aromatic N) is 5. The maximum absolute atomic E-state index is 12.0. The van der Waals surface area contributed by atoms with E-state index >= 15 is 0 Å². The smallest absolute Gasteiger partial charge is 0.258 e. The number of thiazole rings is 1. The third-order valence-electron chi connectivity index (χ3n) is 3.72. The predicted molar refractivity (Wildman–Crippen MR) is 82.3 cm³/mol. The molecule has 0 saturated carbocycles. The second kappa shape index (κ2) is 5.84. The number of aryl methyl sites for hydroxylation is 1. The second-order valence-corrected chi connectivity index (χ2v) is 6.28. The monoisotopic (exact) mass is 333 g/mol. The summed E-state index contributed by atoms with van der Waals surface area (Å²) in [7, 11) is 0. The molecule has 1 aliphatic heterocycles. The van der Waals surface area contributed by atoms with Crippen LogP contribution in [0.5, 0.6) is 0 Å². The molecule has 0 amide bonds. The van der Waals surface area contributed by atoms with Crippen LogP contribution >= 0.6 is 11.3 Å². The number of rotatable bonds is 3. The lowest BCUT2D eigenvalue weighted by Gasteiger charge is -2.30. The highest BCUT2D eigenvalue weighted by Gasteiger charge is 2.26. The zero-order valence-electron chi connectivity index (χ0n) is 12.5. The molecule has 0 aromatic carbocycles. The normalized spacial score (nSPS) is 19.4. The highest BCUT2D eigenvalue weighted by Crippen LogP contribution is 2.20. The summed E-state index contributed by atoms with van der Waals surface area (Å²) in [6.07, 6.45) is 1.52. The van der Waals surface area contributed by atoms with Gasteiger partial charge in [0.05, 0.1) is 12.3 Å². The van der Waals surface area contributed by atoms with Crippen molar-refractivity contribution in [2.45, 2.75) is 19.6 Å². The van der Waals surface area contributed by atoms with Gasteiger partial charge in [-0.15, -0.1) is 11.3 Å². The van der Waals surface area contributed by atoms with Crippen LogP contribution in [0.4, 0.5) is 0 Å². The molecule has 0 bridgehead atoms. The van der Waals surface area contributed by atoms with Crippen LogP contribution in [0.1, 0.15) is 23.5 Å². The van der Waals surface area contributed by atoms with Crippen molar-refractivity contribution >= 4 is 16.3 Å². The van der Waals surface area contributed by atoms with E-state index in [0.717, 1.165) is 12.2 Å². The standard InChI is InChI=1S/C14H15N5O3S/c1-9-15-13(17-22-9)11-8-18(2-4-21-11)7-10-6-12(20)19-3-5-23-14(19)16-10/h3,5-6,11H,2,4,7-8H2,1H3. The summed E-state index contributed by atoms with van der Waals surface area (Å²) in [6, 6.07) is 1.59. The number of hydrogen-bond acceptors (Lipinski definition) is 8. The number of ether oxygens (including phenoxy) is 1. The van der Waals surface area contributed by atoms with Crippen LogP contribution in [-0.2, 0) is 11.3 Å². The van der Waals surface area contributed by atoms with Crippen molar-refractivity contribution in [2.75, 3.05) is 19.7 Å². The van der Waals surface area contributed by atoms with Crippen molar-refractivity contribution < 1.29 is 9.26 Å². The highest BCUT2D eigenvalue weighted by molar-refractivity contribution is 7.15. The molecular weight excluding hydrogens is 318 g/mol. The molecule has 1 atom stereocenters. The van der Waals surface area contributed by atoms with Gasteiger partial charge < -0.3 is 9.26 Å². The van der Waals surface area contributed by atoms with Gasteiger partial charge in [0.25, 0.3) is 5.56 Å². The first-order valence-electron chi connectivity index (χ1n) is 7.29. The zero-order chi connectivity index (χ0) is 15.8. The van der Waals surface area contributed by atoms with E-state index in [9.17, 15) is 4.79 Å². The van der Waals surface area contributed by atoms with Crippen molar-refractivity contribution in [2.24, 2.45) is 0 Å². The molecule has 23 heavy (non-hydrogen) atoms. The minimum atomic E-state index is -0.215. The van der Waals surface area contributed by atoms with Crippen LogP contribution in [-0.4, -0.2) is 44.1 Å². The van der Waals surface area contributed by atoms with Gasteiger partial charge in [-0.25, -0.2) is 4.98 Å². The van der Waals surface area contributed by atoms with E-state index in [1.54, 1.807) is 23.6 Å². The van der Waals surface area contributed by atoms with Gasteiger partial charge in [-0.2, -0.15) is 4.98 Å². The molecule has 0 aliphatic carbocycles. The summed E-state index contributed by atoms with van der Waals surface area (Å²) in [5, 5.41) is 5.78. The fourth-order valence-corrected chi connectivity index (χ4v) is 3.38. The maximum atomic E-state index is 12.0. The van der Waals surface area contributed by atoms with Crippen LogP contribution in [0.2, 0.25) is 0 Å². The average Bonchev–Trinajstić information content (AvgIpc) is 3.16. The van der Waals surface area contributed by atoms with Gasteiger partial charge in [-0.05, 0) is 0 Å². The largest absolute Gasteiger partial charge is 0.367 e. The number of hydrogen-bond donors (Lipinski definition) is 0. The van der Waals surface area contributed by atoms with Gasteiger partial charge >= 0.3 is 0 Å². The molecule has 3 aromatic rings. The Morgan fingerprint density at radius 3 is 3.17 bits per heavy atom. The molecule has 0 radical (unpaired) electrons. The molecule has 3 aromatic heterocycles. The number of morpholine rings is 1. The zero-order valence-corrected chi connectivity index (χ0v) is 13.3. The van der Waals surface area contributed by atoms with E-state index in [1.807, 2.05) is 5.38 Å². The van der Waals surface area contributed by atoms with Crippen LogP contribution in [0.15, 0.2) is 27.0 Å². The Balaban J connectivity index is 1.52. The maximum Gasteiger partial charge on any atom is 0.258 e. The molecule has 1 aliphatic rings. The molecule has 1 saturated heterocycles. The second-order valence-electron chi connectivity index (χ2n) is 5.41. The van der Waals surface area contributed by atoms with Crippen molar-refractivity contribution in [3.63, 3.8) is 0 Å². The molecule has 9 heteroatoms. The Bertz CT molecular complexity index is 886. The molecule has 120 valence electrons. The van der Waals surface area contributed by atoms with Crippen molar-refractivity contribution in [1.82, 2.24) is 24.4 Å². The van der Waals surface area contributed by atoms with Gasteiger partial charge in [0.2, 0.25) is 11.7 Å². The third-order valence-corrected chi connectivity index (χ3v) is 4.48. The van der Waals surface area contributed by atoms with E-state index < -0.39 is 0 Å². The Morgan fingerprint density at radius 2 is 2.35 bits per heavy atom.